The van der Waals surface area contributed by atoms with Crippen molar-refractivity contribution >= 4 is 36.8 Å². The van der Waals surface area contributed by atoms with E-state index < -0.39 is 36.8 Å². The Morgan fingerprint density at radius 3 is 0.733 bits per heavy atom. The Morgan fingerprint density at radius 1 is 0.333 bits per heavy atom. The van der Waals surface area contributed by atoms with Crippen LogP contribution >= 0.6 is 0 Å². The maximum absolute atomic E-state index is 3.45. The Bertz CT molecular complexity index is 694. The van der Waals surface area contributed by atoms with Crippen molar-refractivity contribution in [2.75, 3.05) is 0 Å². The minimum absolute atomic E-state index is 1.15. The third kappa shape index (κ3) is 12.6. The van der Waals surface area contributed by atoms with Crippen molar-refractivity contribution in [3.05, 3.63) is 0 Å². The second-order valence-corrected chi connectivity index (χ2v) is 24.9. The van der Waals surface area contributed by atoms with Gasteiger partial charge in [0, 0.05) is 0 Å². The van der Waals surface area contributed by atoms with Crippen LogP contribution in [-0.2, 0) is 0 Å². The molecule has 0 heterocycles. The first-order valence-electron chi connectivity index (χ1n) is 11.2. The molecule has 0 aliphatic rings. The predicted octanol–water partition coefficient (Wildman–Crippen LogP) is 6.38. The molecule has 0 rings (SSSR count). The van der Waals surface area contributed by atoms with E-state index in [1.807, 2.05) is 41.5 Å². The molecule has 0 N–H and O–H groups in total. The maximum atomic E-state index is 3.45. The second-order valence-electron chi connectivity index (χ2n) is 7.39. The molecule has 30 heavy (non-hydrogen) atoms. The predicted molar refractivity (Wildman–Crippen MR) is 139 cm³/mol. The first-order valence-corrected chi connectivity index (χ1v) is 23.8. The van der Waals surface area contributed by atoms with Crippen molar-refractivity contribution in [2.24, 2.45) is 0 Å². The summed E-state index contributed by atoms with van der Waals surface area (Å²) in [5.74, 6) is 18.7. The van der Waals surface area contributed by atoms with Crippen LogP contribution < -0.4 is 0 Å². The summed E-state index contributed by atoms with van der Waals surface area (Å²) in [5, 5.41) is 0. The third-order valence-electron chi connectivity index (χ3n) is 4.88. The molecule has 0 radical (unpaired) electrons. The molecule has 0 saturated carbocycles. The molecule has 0 aromatic heterocycles. The van der Waals surface area contributed by atoms with E-state index in [2.05, 4.69) is 59.1 Å². The van der Waals surface area contributed by atoms with Gasteiger partial charge in [0.05, 0.1) is 0 Å². The van der Waals surface area contributed by atoms with Gasteiger partial charge in [0.25, 0.3) is 0 Å². The first kappa shape index (κ1) is 29.0. The van der Waals surface area contributed by atoms with Crippen molar-refractivity contribution in [1.29, 1.82) is 0 Å². The summed E-state index contributed by atoms with van der Waals surface area (Å²) in [5.41, 5.74) is 0. The number of hydrogen-bond donors (Lipinski definition) is 0. The van der Waals surface area contributed by atoms with E-state index in [1.54, 1.807) is 0 Å². The van der Waals surface area contributed by atoms with Gasteiger partial charge in [-0.15, -0.1) is 0 Å². The van der Waals surface area contributed by atoms with Crippen LogP contribution in [0.15, 0.2) is 0 Å². The zero-order valence-corrected chi connectivity index (χ0v) is 25.8. The van der Waals surface area contributed by atoms with Gasteiger partial charge in [-0.2, -0.15) is 0 Å². The normalized spacial score (nSPS) is 9.40. The molecule has 0 atom stereocenters. The molecule has 0 spiro atoms. The van der Waals surface area contributed by atoms with E-state index in [4.69, 9.17) is 0 Å². The average molecular weight is 612 g/mol. The summed E-state index contributed by atoms with van der Waals surface area (Å²) in [6.07, 6.45) is 10.3. The molecule has 0 bridgehead atoms. The SMILES string of the molecule is CC#[C][Sn]([C]#CC)([C]#CC)[CH2]CCCCCCCC[CH2][Sn]([C]#CC)([C]#CC)[C]#CC. The fourth-order valence-electron chi connectivity index (χ4n) is 3.68. The van der Waals surface area contributed by atoms with Crippen LogP contribution in [0.1, 0.15) is 92.9 Å². The molecule has 158 valence electrons. The molecule has 0 aromatic carbocycles. The number of rotatable bonds is 11. The Hall–Kier alpha value is -1.04. The van der Waals surface area contributed by atoms with E-state index in [9.17, 15) is 0 Å². The van der Waals surface area contributed by atoms with Crippen molar-refractivity contribution in [3.8, 4) is 59.1 Å². The van der Waals surface area contributed by atoms with E-state index >= 15 is 0 Å². The average Bonchev–Trinajstić information content (AvgIpc) is 2.70. The van der Waals surface area contributed by atoms with Gasteiger partial charge in [-0.1, -0.05) is 0 Å². The topological polar surface area (TPSA) is 0 Å². The van der Waals surface area contributed by atoms with Gasteiger partial charge >= 0.3 is 198 Å². The van der Waals surface area contributed by atoms with E-state index in [0.717, 1.165) is 8.87 Å². The Labute approximate surface area is 196 Å². The van der Waals surface area contributed by atoms with Crippen LogP contribution in [0.2, 0.25) is 8.87 Å². The van der Waals surface area contributed by atoms with Crippen molar-refractivity contribution in [1.82, 2.24) is 0 Å². The first-order chi connectivity index (χ1) is 14.6. The van der Waals surface area contributed by atoms with Crippen molar-refractivity contribution in [3.63, 3.8) is 0 Å². The van der Waals surface area contributed by atoms with Gasteiger partial charge in [-0.25, -0.2) is 0 Å². The van der Waals surface area contributed by atoms with Crippen LogP contribution in [0.5, 0.6) is 0 Å². The standard InChI is InChI=1S/C10H20.6C3H3.2Sn/c1-3-5-7-9-10-8-6-4-2;6*1-3-2;;/h1-10H2;6*1H3;;. The van der Waals surface area contributed by atoms with Crippen molar-refractivity contribution < 1.29 is 0 Å². The summed E-state index contributed by atoms with van der Waals surface area (Å²) in [4.78, 5) is 0. The van der Waals surface area contributed by atoms with E-state index in [-0.39, 0.29) is 0 Å². The fraction of sp³-hybridized carbons (Fsp3) is 0.571. The quantitative estimate of drug-likeness (QED) is 0.145. The van der Waals surface area contributed by atoms with E-state index in [0.29, 0.717) is 0 Å². The van der Waals surface area contributed by atoms with E-state index in [1.165, 1.54) is 51.4 Å². The van der Waals surface area contributed by atoms with Crippen LogP contribution in [-0.4, -0.2) is 36.8 Å². The molecule has 0 aliphatic carbocycles. The van der Waals surface area contributed by atoms with Crippen LogP contribution in [0.3, 0.4) is 0 Å². The summed E-state index contributed by atoms with van der Waals surface area (Å²) in [7, 11) is 0. The summed E-state index contributed by atoms with van der Waals surface area (Å²) in [6, 6.07) is 0. The van der Waals surface area contributed by atoms with Gasteiger partial charge in [0.15, 0.2) is 0 Å². The number of unbranched alkanes of at least 4 members (excludes halogenated alkanes) is 7. The number of hydrogen-bond acceptors (Lipinski definition) is 0. The molecular formula is C28H38Sn2. The second kappa shape index (κ2) is 18.7. The molecule has 0 nitrogen and oxygen atoms in total. The van der Waals surface area contributed by atoms with Gasteiger partial charge in [0.2, 0.25) is 0 Å². The zero-order chi connectivity index (χ0) is 22.6. The molecule has 0 aliphatic heterocycles. The van der Waals surface area contributed by atoms with Gasteiger partial charge < -0.3 is 0 Å². The Morgan fingerprint density at radius 2 is 0.533 bits per heavy atom. The van der Waals surface area contributed by atoms with Crippen LogP contribution in [0.25, 0.3) is 0 Å². The molecule has 0 aromatic rings. The molecule has 2 heteroatoms. The Balaban J connectivity index is 4.21. The molecule has 0 unspecified atom stereocenters. The summed E-state index contributed by atoms with van der Waals surface area (Å²) in [6.45, 7) is 11.5. The van der Waals surface area contributed by atoms with Gasteiger partial charge in [-0.05, 0) is 0 Å². The van der Waals surface area contributed by atoms with Crippen LogP contribution in [0, 0.1) is 59.1 Å². The molecule has 0 saturated heterocycles. The molecule has 0 fully saturated rings. The Kier molecular flexibility index (Phi) is 18.1. The monoisotopic (exact) mass is 614 g/mol. The summed E-state index contributed by atoms with van der Waals surface area (Å²) >= 11 is -5.70. The molecule has 0 amide bonds. The van der Waals surface area contributed by atoms with Crippen LogP contribution in [0.4, 0.5) is 0 Å². The minimum atomic E-state index is -2.85. The van der Waals surface area contributed by atoms with Gasteiger partial charge in [-0.3, -0.25) is 0 Å². The fourth-order valence-corrected chi connectivity index (χ4v) is 18.7. The van der Waals surface area contributed by atoms with Gasteiger partial charge in [0.1, 0.15) is 0 Å². The molecular weight excluding hydrogens is 574 g/mol. The third-order valence-corrected chi connectivity index (χ3v) is 22.8. The summed E-state index contributed by atoms with van der Waals surface area (Å²) < 4.78 is 23.0. The van der Waals surface area contributed by atoms with Crippen molar-refractivity contribution in [2.45, 2.75) is 102 Å². The zero-order valence-electron chi connectivity index (χ0n) is 20.1.